The number of aromatic nitrogens is 2. The average molecular weight is 273 g/mol. The quantitative estimate of drug-likeness (QED) is 0.840. The van der Waals surface area contributed by atoms with Crippen molar-refractivity contribution < 1.29 is 9.53 Å². The number of hydrogen-bond donors (Lipinski definition) is 1. The molecule has 0 saturated carbocycles. The van der Waals surface area contributed by atoms with Gasteiger partial charge in [0, 0.05) is 12.6 Å². The molecule has 0 amide bonds. The third kappa shape index (κ3) is 3.24. The third-order valence-corrected chi connectivity index (χ3v) is 3.05. The van der Waals surface area contributed by atoms with E-state index >= 15 is 0 Å². The van der Waals surface area contributed by atoms with Crippen LogP contribution in [-0.2, 0) is 16.0 Å². The molecule has 1 heterocycles. The number of hydrogen-bond acceptors (Lipinski definition) is 4. The Morgan fingerprint density at radius 1 is 1.40 bits per heavy atom. The number of para-hydroxylation sites is 1. The lowest BCUT2D eigenvalue weighted by atomic mass is 10.1. The van der Waals surface area contributed by atoms with E-state index in [9.17, 15) is 4.79 Å². The first kappa shape index (κ1) is 14.3. The lowest BCUT2D eigenvalue weighted by molar-refractivity contribution is -0.144. The van der Waals surface area contributed by atoms with Crippen molar-refractivity contribution in [2.45, 2.75) is 26.3 Å². The van der Waals surface area contributed by atoms with Crippen LogP contribution in [-0.4, -0.2) is 28.4 Å². The van der Waals surface area contributed by atoms with Crippen LogP contribution in [0, 0.1) is 6.92 Å². The first-order chi connectivity index (χ1) is 9.61. The van der Waals surface area contributed by atoms with Crippen molar-refractivity contribution in [1.82, 2.24) is 9.78 Å². The lowest BCUT2D eigenvalue weighted by Crippen LogP contribution is -2.34. The summed E-state index contributed by atoms with van der Waals surface area (Å²) in [5.74, 6) is -0.376. The molecular weight excluding hydrogens is 254 g/mol. The molecule has 0 radical (unpaired) electrons. The molecule has 20 heavy (non-hydrogen) atoms. The number of rotatable bonds is 5. The highest BCUT2D eigenvalue weighted by atomic mass is 16.5. The van der Waals surface area contributed by atoms with Gasteiger partial charge in [0.05, 0.1) is 18.0 Å². The van der Waals surface area contributed by atoms with E-state index in [1.807, 2.05) is 43.5 Å². The van der Waals surface area contributed by atoms with Crippen LogP contribution in [0.4, 0.5) is 0 Å². The van der Waals surface area contributed by atoms with Crippen molar-refractivity contribution in [2.24, 2.45) is 5.73 Å². The van der Waals surface area contributed by atoms with Gasteiger partial charge in [0.1, 0.15) is 6.04 Å². The maximum absolute atomic E-state index is 11.6. The van der Waals surface area contributed by atoms with Gasteiger partial charge in [-0.05, 0) is 31.5 Å². The van der Waals surface area contributed by atoms with Crippen molar-refractivity contribution in [1.29, 1.82) is 0 Å². The Morgan fingerprint density at radius 2 is 2.10 bits per heavy atom. The van der Waals surface area contributed by atoms with Gasteiger partial charge in [-0.1, -0.05) is 18.2 Å². The van der Waals surface area contributed by atoms with Crippen LogP contribution in [0.3, 0.4) is 0 Å². The van der Waals surface area contributed by atoms with Gasteiger partial charge in [-0.2, -0.15) is 5.10 Å². The van der Waals surface area contributed by atoms with Gasteiger partial charge in [-0.15, -0.1) is 0 Å². The van der Waals surface area contributed by atoms with Crippen molar-refractivity contribution >= 4 is 5.97 Å². The van der Waals surface area contributed by atoms with Crippen LogP contribution in [0.25, 0.3) is 5.69 Å². The van der Waals surface area contributed by atoms with Crippen molar-refractivity contribution in [3.05, 3.63) is 47.8 Å². The molecule has 1 atom stereocenters. The second kappa shape index (κ2) is 6.34. The summed E-state index contributed by atoms with van der Waals surface area (Å²) in [5.41, 5.74) is 8.64. The molecule has 2 rings (SSSR count). The van der Waals surface area contributed by atoms with Crippen LogP contribution in [0.2, 0.25) is 0 Å². The van der Waals surface area contributed by atoms with Crippen LogP contribution in [0.1, 0.15) is 18.2 Å². The van der Waals surface area contributed by atoms with E-state index in [1.165, 1.54) is 0 Å². The summed E-state index contributed by atoms with van der Waals surface area (Å²) >= 11 is 0. The predicted octanol–water partition coefficient (Wildman–Crippen LogP) is 1.61. The minimum atomic E-state index is -0.651. The minimum absolute atomic E-state index is 0.342. The monoisotopic (exact) mass is 273 g/mol. The van der Waals surface area contributed by atoms with Gasteiger partial charge in [0.15, 0.2) is 0 Å². The molecule has 5 heteroatoms. The second-order valence-corrected chi connectivity index (χ2v) is 4.58. The number of nitrogens with two attached hydrogens (primary N) is 1. The van der Waals surface area contributed by atoms with Crippen LogP contribution < -0.4 is 5.73 Å². The normalized spacial score (nSPS) is 12.2. The van der Waals surface area contributed by atoms with E-state index in [2.05, 4.69) is 5.10 Å². The highest BCUT2D eigenvalue weighted by molar-refractivity contribution is 5.75. The summed E-state index contributed by atoms with van der Waals surface area (Å²) in [6, 6.07) is 9.16. The van der Waals surface area contributed by atoms with E-state index in [4.69, 9.17) is 10.5 Å². The molecule has 0 saturated heterocycles. The van der Waals surface area contributed by atoms with Gasteiger partial charge in [0.2, 0.25) is 0 Å². The summed E-state index contributed by atoms with van der Waals surface area (Å²) in [5, 5.41) is 4.45. The van der Waals surface area contributed by atoms with Gasteiger partial charge >= 0.3 is 5.97 Å². The number of carbonyl (C=O) groups excluding carboxylic acids is 1. The zero-order chi connectivity index (χ0) is 14.5. The SMILES string of the molecule is CCOC(=O)C(N)Cc1cn(-c2ccccc2)nc1C. The van der Waals surface area contributed by atoms with E-state index in [0.29, 0.717) is 13.0 Å². The number of ether oxygens (including phenoxy) is 1. The molecule has 0 bridgehead atoms. The molecular formula is C15H19N3O2. The Balaban J connectivity index is 2.14. The first-order valence-electron chi connectivity index (χ1n) is 6.64. The lowest BCUT2D eigenvalue weighted by Gasteiger charge is -2.09. The standard InChI is InChI=1S/C15H19N3O2/c1-3-20-15(19)14(16)9-12-10-18(17-11(12)2)13-7-5-4-6-8-13/h4-8,10,14H,3,9,16H2,1-2H3. The third-order valence-electron chi connectivity index (χ3n) is 3.05. The smallest absolute Gasteiger partial charge is 0.323 e. The van der Waals surface area contributed by atoms with Crippen LogP contribution in [0.15, 0.2) is 36.5 Å². The molecule has 0 aliphatic carbocycles. The minimum Gasteiger partial charge on any atom is -0.465 e. The molecule has 106 valence electrons. The number of esters is 1. The predicted molar refractivity (Wildman–Crippen MR) is 76.6 cm³/mol. The molecule has 5 nitrogen and oxygen atoms in total. The first-order valence-corrected chi connectivity index (χ1v) is 6.64. The molecule has 1 aromatic heterocycles. The molecule has 0 fully saturated rings. The van der Waals surface area contributed by atoms with E-state index in [-0.39, 0.29) is 5.97 Å². The fourth-order valence-electron chi connectivity index (χ4n) is 1.98. The van der Waals surface area contributed by atoms with Crippen molar-refractivity contribution in [2.75, 3.05) is 6.61 Å². The number of nitrogens with zero attached hydrogens (tertiary/aromatic N) is 2. The largest absolute Gasteiger partial charge is 0.465 e. The Kier molecular flexibility index (Phi) is 4.53. The van der Waals surface area contributed by atoms with Gasteiger partial charge in [0.25, 0.3) is 0 Å². The summed E-state index contributed by atoms with van der Waals surface area (Å²) in [7, 11) is 0. The van der Waals surface area contributed by atoms with Gasteiger partial charge in [-0.3, -0.25) is 4.79 Å². The number of aryl methyl sites for hydroxylation is 1. The molecule has 2 N–H and O–H groups in total. The average Bonchev–Trinajstić information content (AvgIpc) is 2.81. The Hall–Kier alpha value is -2.14. The summed E-state index contributed by atoms with van der Waals surface area (Å²) in [6.07, 6.45) is 2.33. The van der Waals surface area contributed by atoms with Crippen molar-refractivity contribution in [3.8, 4) is 5.69 Å². The highest BCUT2D eigenvalue weighted by Crippen LogP contribution is 2.13. The fourth-order valence-corrected chi connectivity index (χ4v) is 1.98. The van der Waals surface area contributed by atoms with E-state index < -0.39 is 6.04 Å². The van der Waals surface area contributed by atoms with Crippen molar-refractivity contribution in [3.63, 3.8) is 0 Å². The Bertz CT molecular complexity index is 578. The summed E-state index contributed by atoms with van der Waals surface area (Å²) in [6.45, 7) is 4.02. The topological polar surface area (TPSA) is 70.1 Å². The molecule has 0 spiro atoms. The summed E-state index contributed by atoms with van der Waals surface area (Å²) in [4.78, 5) is 11.6. The molecule has 1 aromatic carbocycles. The highest BCUT2D eigenvalue weighted by Gasteiger charge is 2.18. The van der Waals surface area contributed by atoms with Crippen LogP contribution in [0.5, 0.6) is 0 Å². The maximum Gasteiger partial charge on any atom is 0.323 e. The number of carbonyl (C=O) groups is 1. The van der Waals surface area contributed by atoms with Gasteiger partial charge in [-0.25, -0.2) is 4.68 Å². The van der Waals surface area contributed by atoms with Gasteiger partial charge < -0.3 is 10.5 Å². The molecule has 1 unspecified atom stereocenters. The van der Waals surface area contributed by atoms with E-state index in [0.717, 1.165) is 16.9 Å². The number of benzene rings is 1. The van der Waals surface area contributed by atoms with E-state index in [1.54, 1.807) is 11.6 Å². The zero-order valence-corrected chi connectivity index (χ0v) is 11.7. The summed E-state index contributed by atoms with van der Waals surface area (Å²) < 4.78 is 6.71. The van der Waals surface area contributed by atoms with Crippen LogP contribution >= 0.6 is 0 Å². The second-order valence-electron chi connectivity index (χ2n) is 4.58. The fraction of sp³-hybridized carbons (Fsp3) is 0.333. The Labute approximate surface area is 118 Å². The molecule has 0 aliphatic heterocycles. The molecule has 2 aromatic rings. The molecule has 0 aliphatic rings. The zero-order valence-electron chi connectivity index (χ0n) is 11.7. The Morgan fingerprint density at radius 3 is 2.75 bits per heavy atom. The maximum atomic E-state index is 11.6.